The molecule has 1 aliphatic heterocycles. The summed E-state index contributed by atoms with van der Waals surface area (Å²) in [5.41, 5.74) is 3.51. The second-order valence-electron chi connectivity index (χ2n) is 6.39. The van der Waals surface area contributed by atoms with Crippen molar-refractivity contribution in [2.45, 2.75) is 39.2 Å². The summed E-state index contributed by atoms with van der Waals surface area (Å²) in [6.07, 6.45) is 0.973. The van der Waals surface area contributed by atoms with Gasteiger partial charge in [0, 0.05) is 17.5 Å². The Labute approximate surface area is 155 Å². The van der Waals surface area contributed by atoms with E-state index in [2.05, 4.69) is 20.9 Å². The first kappa shape index (κ1) is 18.1. The summed E-state index contributed by atoms with van der Waals surface area (Å²) in [7, 11) is 0. The molecule has 2 heterocycles. The molecule has 1 aromatic carbocycles. The van der Waals surface area contributed by atoms with Crippen LogP contribution in [0.3, 0.4) is 0 Å². The van der Waals surface area contributed by atoms with Gasteiger partial charge in [0.1, 0.15) is 6.04 Å². The van der Waals surface area contributed by atoms with E-state index in [-0.39, 0.29) is 24.1 Å². The van der Waals surface area contributed by atoms with E-state index in [0.717, 1.165) is 16.8 Å². The van der Waals surface area contributed by atoms with E-state index in [9.17, 15) is 14.4 Å². The first-order valence-corrected chi connectivity index (χ1v) is 9.20. The van der Waals surface area contributed by atoms with E-state index in [1.807, 2.05) is 32.0 Å². The van der Waals surface area contributed by atoms with Gasteiger partial charge in [0.15, 0.2) is 5.13 Å². The van der Waals surface area contributed by atoms with Crippen LogP contribution >= 0.6 is 11.3 Å². The maximum atomic E-state index is 12.2. The Morgan fingerprint density at radius 2 is 1.96 bits per heavy atom. The number of hydrogen-bond donors (Lipinski definition) is 3. The highest BCUT2D eigenvalue weighted by atomic mass is 32.1. The van der Waals surface area contributed by atoms with Gasteiger partial charge < -0.3 is 16.0 Å². The highest BCUT2D eigenvalue weighted by Crippen LogP contribution is 2.19. The molecule has 3 rings (SSSR count). The summed E-state index contributed by atoms with van der Waals surface area (Å²) < 4.78 is 0. The second kappa shape index (κ2) is 7.65. The molecule has 1 aliphatic rings. The number of hydrogen-bond acceptors (Lipinski definition) is 5. The molecule has 1 aromatic heterocycles. The van der Waals surface area contributed by atoms with Crippen LogP contribution in [0.5, 0.6) is 0 Å². The van der Waals surface area contributed by atoms with Crippen LogP contribution < -0.4 is 16.0 Å². The van der Waals surface area contributed by atoms with E-state index in [0.29, 0.717) is 23.7 Å². The minimum atomic E-state index is -0.511. The van der Waals surface area contributed by atoms with Crippen molar-refractivity contribution < 1.29 is 14.4 Å². The molecule has 0 saturated carbocycles. The normalized spacial score (nSPS) is 16.2. The molecule has 3 N–H and O–H groups in total. The fraction of sp³-hybridized carbons (Fsp3) is 0.333. The fourth-order valence-corrected chi connectivity index (χ4v) is 3.58. The van der Waals surface area contributed by atoms with Crippen molar-refractivity contribution in [1.29, 1.82) is 0 Å². The molecular formula is C18H20N4O3S. The molecule has 1 unspecified atom stereocenters. The molecule has 7 nitrogen and oxygen atoms in total. The van der Waals surface area contributed by atoms with E-state index in [1.165, 1.54) is 11.3 Å². The molecule has 136 valence electrons. The number of aryl methyl sites for hydroxylation is 2. The molecule has 1 saturated heterocycles. The Hall–Kier alpha value is -2.74. The average molecular weight is 372 g/mol. The zero-order chi connectivity index (χ0) is 18.7. The molecule has 0 radical (unpaired) electrons. The minimum Gasteiger partial charge on any atom is -0.344 e. The first-order valence-electron chi connectivity index (χ1n) is 8.32. The van der Waals surface area contributed by atoms with Crippen molar-refractivity contribution in [2.75, 3.05) is 10.6 Å². The molecule has 1 atom stereocenters. The average Bonchev–Trinajstić information content (AvgIpc) is 3.15. The fourth-order valence-electron chi connectivity index (χ4n) is 2.87. The van der Waals surface area contributed by atoms with Crippen LogP contribution in [-0.2, 0) is 20.8 Å². The summed E-state index contributed by atoms with van der Waals surface area (Å²) >= 11 is 1.25. The SMILES string of the molecule is Cc1cc(C)cc(NC(=O)Cc2csc(NC(=O)C3CCC(=O)N3)n2)c1. The van der Waals surface area contributed by atoms with Gasteiger partial charge in [0.25, 0.3) is 0 Å². The second-order valence-corrected chi connectivity index (χ2v) is 7.25. The van der Waals surface area contributed by atoms with E-state index >= 15 is 0 Å². The quantitative estimate of drug-likeness (QED) is 0.749. The predicted molar refractivity (Wildman–Crippen MR) is 100 cm³/mol. The van der Waals surface area contributed by atoms with Gasteiger partial charge in [-0.15, -0.1) is 11.3 Å². The monoisotopic (exact) mass is 372 g/mol. The van der Waals surface area contributed by atoms with Crippen LogP contribution in [0.2, 0.25) is 0 Å². The van der Waals surface area contributed by atoms with Crippen molar-refractivity contribution in [2.24, 2.45) is 0 Å². The van der Waals surface area contributed by atoms with Gasteiger partial charge in [-0.25, -0.2) is 4.98 Å². The van der Waals surface area contributed by atoms with Crippen molar-refractivity contribution in [1.82, 2.24) is 10.3 Å². The van der Waals surface area contributed by atoms with Gasteiger partial charge in [-0.2, -0.15) is 0 Å². The number of benzene rings is 1. The number of amides is 3. The lowest BCUT2D eigenvalue weighted by Gasteiger charge is -2.08. The molecular weight excluding hydrogens is 352 g/mol. The van der Waals surface area contributed by atoms with Crippen molar-refractivity contribution >= 4 is 39.9 Å². The van der Waals surface area contributed by atoms with Crippen LogP contribution in [0, 0.1) is 13.8 Å². The van der Waals surface area contributed by atoms with Gasteiger partial charge in [-0.3, -0.25) is 14.4 Å². The van der Waals surface area contributed by atoms with Crippen LogP contribution in [0.1, 0.15) is 29.7 Å². The summed E-state index contributed by atoms with van der Waals surface area (Å²) in [6.45, 7) is 3.95. The number of nitrogens with one attached hydrogen (secondary N) is 3. The van der Waals surface area contributed by atoms with E-state index in [4.69, 9.17) is 0 Å². The molecule has 26 heavy (non-hydrogen) atoms. The Bertz CT molecular complexity index is 842. The summed E-state index contributed by atoms with van der Waals surface area (Å²) in [4.78, 5) is 39.7. The smallest absolute Gasteiger partial charge is 0.248 e. The number of carbonyl (C=O) groups is 3. The van der Waals surface area contributed by atoms with Crippen LogP contribution in [0.4, 0.5) is 10.8 Å². The summed E-state index contributed by atoms with van der Waals surface area (Å²) in [5, 5.41) is 10.3. The maximum absolute atomic E-state index is 12.2. The third-order valence-corrected chi connectivity index (χ3v) is 4.75. The number of anilines is 2. The van der Waals surface area contributed by atoms with Gasteiger partial charge in [-0.05, 0) is 43.5 Å². The Balaban J connectivity index is 1.55. The standard InChI is InChI=1S/C18H20N4O3S/c1-10-5-11(2)7-12(6-10)19-16(24)8-13-9-26-18(20-13)22-17(25)14-3-4-15(23)21-14/h5-7,9,14H,3-4,8H2,1-2H3,(H,19,24)(H,21,23)(H,20,22,25). The molecule has 0 bridgehead atoms. The molecule has 2 aromatic rings. The lowest BCUT2D eigenvalue weighted by Crippen LogP contribution is -2.37. The number of nitrogens with zero attached hydrogens (tertiary/aromatic N) is 1. The van der Waals surface area contributed by atoms with Gasteiger partial charge in [-0.1, -0.05) is 6.07 Å². The van der Waals surface area contributed by atoms with Gasteiger partial charge in [0.2, 0.25) is 17.7 Å². The van der Waals surface area contributed by atoms with Crippen LogP contribution in [0.25, 0.3) is 0 Å². The maximum Gasteiger partial charge on any atom is 0.248 e. The minimum absolute atomic E-state index is 0.118. The molecule has 0 spiro atoms. The number of carbonyl (C=O) groups excluding carboxylic acids is 3. The van der Waals surface area contributed by atoms with Crippen molar-refractivity contribution in [3.63, 3.8) is 0 Å². The Morgan fingerprint density at radius 3 is 2.62 bits per heavy atom. The van der Waals surface area contributed by atoms with Crippen molar-refractivity contribution in [3.8, 4) is 0 Å². The Morgan fingerprint density at radius 1 is 1.23 bits per heavy atom. The lowest BCUT2D eigenvalue weighted by molar-refractivity contribution is -0.122. The topological polar surface area (TPSA) is 100 Å². The van der Waals surface area contributed by atoms with Gasteiger partial charge >= 0.3 is 0 Å². The Kier molecular flexibility index (Phi) is 5.32. The molecule has 3 amide bonds. The highest BCUT2D eigenvalue weighted by Gasteiger charge is 2.27. The summed E-state index contributed by atoms with van der Waals surface area (Å²) in [5.74, 6) is -0.564. The van der Waals surface area contributed by atoms with E-state index < -0.39 is 6.04 Å². The zero-order valence-corrected chi connectivity index (χ0v) is 15.4. The van der Waals surface area contributed by atoms with E-state index in [1.54, 1.807) is 5.38 Å². The van der Waals surface area contributed by atoms with Gasteiger partial charge in [0.05, 0.1) is 12.1 Å². The highest BCUT2D eigenvalue weighted by molar-refractivity contribution is 7.13. The number of rotatable bonds is 5. The third kappa shape index (κ3) is 4.66. The number of thiazole rings is 1. The largest absolute Gasteiger partial charge is 0.344 e. The zero-order valence-electron chi connectivity index (χ0n) is 14.6. The third-order valence-electron chi connectivity index (χ3n) is 3.94. The first-order chi connectivity index (χ1) is 12.4. The molecule has 0 aliphatic carbocycles. The van der Waals surface area contributed by atoms with Crippen LogP contribution in [0.15, 0.2) is 23.6 Å². The summed E-state index contributed by atoms with van der Waals surface area (Å²) in [6, 6.07) is 5.35. The lowest BCUT2D eigenvalue weighted by atomic mass is 10.1. The molecule has 1 fully saturated rings. The van der Waals surface area contributed by atoms with Crippen LogP contribution in [-0.4, -0.2) is 28.7 Å². The molecule has 8 heteroatoms. The number of aromatic nitrogens is 1. The predicted octanol–water partition coefficient (Wildman–Crippen LogP) is 2.16. The van der Waals surface area contributed by atoms with Crippen molar-refractivity contribution in [3.05, 3.63) is 40.4 Å².